The van der Waals surface area contributed by atoms with Gasteiger partial charge in [-0.05, 0) is 49.1 Å². The quantitative estimate of drug-likeness (QED) is 0.540. The fourth-order valence-electron chi connectivity index (χ4n) is 5.00. The number of imidazole rings is 1. The molecule has 1 aliphatic carbocycles. The molecular formula is C24H25ClF2N4O2. The molecule has 0 bridgehead atoms. The summed E-state index contributed by atoms with van der Waals surface area (Å²) < 4.78 is 30.9. The number of fused-ring (bicyclic) bond motifs is 1. The molecule has 1 aliphatic heterocycles. The van der Waals surface area contributed by atoms with Gasteiger partial charge in [-0.3, -0.25) is 9.20 Å². The number of halogens is 3. The standard InChI is InChI=1S/C24H25ClF2N4O2/c1-2-19-21(31-12-16(25)5-8-20(31)29-19)22(32)28-11-15-3-6-17(7-4-15)30-13-24(14-30)9-18(10-24)33-23(26)27/h3-8,12,18,23H,2,9-11,13-14H2,1H3,(H,28,32). The Morgan fingerprint density at radius 1 is 1.24 bits per heavy atom. The van der Waals surface area contributed by atoms with E-state index in [-0.39, 0.29) is 17.4 Å². The van der Waals surface area contributed by atoms with Gasteiger partial charge in [0, 0.05) is 36.9 Å². The van der Waals surface area contributed by atoms with Crippen LogP contribution in [0.15, 0.2) is 42.6 Å². The van der Waals surface area contributed by atoms with Crippen LogP contribution in [0.1, 0.15) is 41.5 Å². The van der Waals surface area contributed by atoms with E-state index < -0.39 is 6.61 Å². The second-order valence-corrected chi connectivity index (χ2v) is 9.40. The molecule has 1 saturated heterocycles. The van der Waals surface area contributed by atoms with Gasteiger partial charge < -0.3 is 15.0 Å². The van der Waals surface area contributed by atoms with Gasteiger partial charge in [-0.25, -0.2) is 4.98 Å². The van der Waals surface area contributed by atoms with Crippen LogP contribution in [0.3, 0.4) is 0 Å². The van der Waals surface area contributed by atoms with E-state index in [1.54, 1.807) is 22.7 Å². The van der Waals surface area contributed by atoms with Crippen LogP contribution in [0.4, 0.5) is 14.5 Å². The third kappa shape index (κ3) is 4.29. The molecular weight excluding hydrogens is 450 g/mol. The second-order valence-electron chi connectivity index (χ2n) is 8.97. The maximum Gasteiger partial charge on any atom is 0.345 e. The lowest BCUT2D eigenvalue weighted by molar-refractivity contribution is -0.211. The summed E-state index contributed by atoms with van der Waals surface area (Å²) in [5.74, 6) is -0.194. The summed E-state index contributed by atoms with van der Waals surface area (Å²) in [7, 11) is 0. The van der Waals surface area contributed by atoms with Crippen LogP contribution in [0.2, 0.25) is 5.02 Å². The highest BCUT2D eigenvalue weighted by Crippen LogP contribution is 2.51. The molecule has 1 saturated carbocycles. The van der Waals surface area contributed by atoms with Crippen molar-refractivity contribution in [3.63, 3.8) is 0 Å². The van der Waals surface area contributed by atoms with E-state index in [1.165, 1.54) is 0 Å². The zero-order valence-electron chi connectivity index (χ0n) is 18.2. The number of aryl methyl sites for hydroxylation is 1. The summed E-state index contributed by atoms with van der Waals surface area (Å²) in [6.07, 6.45) is 3.44. The summed E-state index contributed by atoms with van der Waals surface area (Å²) in [4.78, 5) is 19.7. The molecule has 9 heteroatoms. The molecule has 0 atom stereocenters. The molecule has 0 unspecified atom stereocenters. The Morgan fingerprint density at radius 3 is 2.64 bits per heavy atom. The number of ether oxygens (including phenoxy) is 1. The normalized spacial score (nSPS) is 17.4. The van der Waals surface area contributed by atoms with Crippen molar-refractivity contribution in [1.29, 1.82) is 0 Å². The van der Waals surface area contributed by atoms with Gasteiger partial charge in [-0.1, -0.05) is 30.7 Å². The number of aromatic nitrogens is 2. The summed E-state index contributed by atoms with van der Waals surface area (Å²) in [6, 6.07) is 11.6. The number of hydrogen-bond donors (Lipinski definition) is 1. The van der Waals surface area contributed by atoms with Gasteiger partial charge in [0.05, 0.1) is 16.8 Å². The molecule has 1 spiro atoms. The van der Waals surface area contributed by atoms with Gasteiger partial charge in [-0.15, -0.1) is 0 Å². The lowest BCUT2D eigenvalue weighted by Crippen LogP contribution is -2.64. The van der Waals surface area contributed by atoms with Crippen molar-refractivity contribution >= 4 is 28.8 Å². The number of benzene rings is 1. The van der Waals surface area contributed by atoms with E-state index in [0.29, 0.717) is 42.2 Å². The second kappa shape index (κ2) is 8.57. The molecule has 2 aromatic heterocycles. The Labute approximate surface area is 195 Å². The van der Waals surface area contributed by atoms with Crippen LogP contribution in [0.5, 0.6) is 0 Å². The first kappa shape index (κ1) is 22.1. The molecule has 174 valence electrons. The van der Waals surface area contributed by atoms with Crippen molar-refractivity contribution in [2.75, 3.05) is 18.0 Å². The predicted octanol–water partition coefficient (Wildman–Crippen LogP) is 4.69. The van der Waals surface area contributed by atoms with Crippen LogP contribution in [0.25, 0.3) is 5.65 Å². The van der Waals surface area contributed by atoms with Crippen LogP contribution >= 0.6 is 11.6 Å². The highest BCUT2D eigenvalue weighted by molar-refractivity contribution is 6.30. The average Bonchev–Trinajstić information content (AvgIpc) is 3.11. The minimum absolute atomic E-state index is 0.125. The summed E-state index contributed by atoms with van der Waals surface area (Å²) >= 11 is 6.11. The van der Waals surface area contributed by atoms with E-state index in [2.05, 4.69) is 19.9 Å². The number of hydrogen-bond acceptors (Lipinski definition) is 4. The zero-order valence-corrected chi connectivity index (χ0v) is 19.0. The van der Waals surface area contributed by atoms with Gasteiger partial charge >= 0.3 is 6.61 Å². The minimum atomic E-state index is -2.68. The Hall–Kier alpha value is -2.71. The number of nitrogens with one attached hydrogen (secondary N) is 1. The number of carbonyl (C=O) groups is 1. The zero-order chi connectivity index (χ0) is 23.2. The minimum Gasteiger partial charge on any atom is -0.370 e. The van der Waals surface area contributed by atoms with Gasteiger partial charge in [-0.2, -0.15) is 8.78 Å². The highest BCUT2D eigenvalue weighted by atomic mass is 35.5. The van der Waals surface area contributed by atoms with E-state index >= 15 is 0 Å². The summed E-state index contributed by atoms with van der Waals surface area (Å²) in [6.45, 7) is 1.41. The highest BCUT2D eigenvalue weighted by Gasteiger charge is 2.53. The fraction of sp³-hybridized carbons (Fsp3) is 0.417. The molecule has 1 aromatic carbocycles. The average molecular weight is 475 g/mol. The first-order valence-electron chi connectivity index (χ1n) is 11.1. The molecule has 5 rings (SSSR count). The van der Waals surface area contributed by atoms with E-state index in [1.807, 2.05) is 31.2 Å². The molecule has 6 nitrogen and oxygen atoms in total. The monoisotopic (exact) mass is 474 g/mol. The third-order valence-electron chi connectivity index (χ3n) is 6.63. The van der Waals surface area contributed by atoms with Crippen molar-refractivity contribution in [2.45, 2.75) is 45.4 Å². The molecule has 2 aliphatic rings. The number of alkyl halides is 2. The van der Waals surface area contributed by atoms with Crippen molar-refractivity contribution in [3.8, 4) is 0 Å². The van der Waals surface area contributed by atoms with Crippen LogP contribution in [-0.2, 0) is 17.7 Å². The lowest BCUT2D eigenvalue weighted by atomic mass is 9.61. The molecule has 33 heavy (non-hydrogen) atoms. The number of nitrogens with zero attached hydrogens (tertiary/aromatic N) is 3. The Morgan fingerprint density at radius 2 is 1.97 bits per heavy atom. The van der Waals surface area contributed by atoms with Crippen LogP contribution in [0, 0.1) is 5.41 Å². The summed E-state index contributed by atoms with van der Waals surface area (Å²) in [5, 5.41) is 3.53. The fourth-order valence-corrected chi connectivity index (χ4v) is 5.16. The number of pyridine rings is 1. The van der Waals surface area contributed by atoms with Gasteiger partial charge in [0.25, 0.3) is 5.91 Å². The van der Waals surface area contributed by atoms with Crippen molar-refractivity contribution < 1.29 is 18.3 Å². The Balaban J connectivity index is 1.17. The van der Waals surface area contributed by atoms with E-state index in [0.717, 1.165) is 30.0 Å². The summed E-state index contributed by atoms with van der Waals surface area (Å²) in [5.41, 5.74) is 4.14. The molecule has 3 aromatic rings. The molecule has 3 heterocycles. The molecule has 1 N–H and O–H groups in total. The van der Waals surface area contributed by atoms with Gasteiger partial charge in [0.2, 0.25) is 0 Å². The topological polar surface area (TPSA) is 58.9 Å². The van der Waals surface area contributed by atoms with Crippen molar-refractivity contribution in [1.82, 2.24) is 14.7 Å². The number of carbonyl (C=O) groups excluding carboxylic acids is 1. The third-order valence-corrected chi connectivity index (χ3v) is 6.85. The number of anilines is 1. The first-order valence-corrected chi connectivity index (χ1v) is 11.5. The lowest BCUT2D eigenvalue weighted by Gasteiger charge is -2.59. The maximum atomic E-state index is 12.9. The SMILES string of the molecule is CCc1nc2ccc(Cl)cn2c1C(=O)NCc1ccc(N2CC3(CC(OC(F)F)C3)C2)cc1. The van der Waals surface area contributed by atoms with Crippen molar-refractivity contribution in [2.24, 2.45) is 5.41 Å². The van der Waals surface area contributed by atoms with Crippen LogP contribution < -0.4 is 10.2 Å². The van der Waals surface area contributed by atoms with Crippen LogP contribution in [-0.4, -0.2) is 41.1 Å². The predicted molar refractivity (Wildman–Crippen MR) is 122 cm³/mol. The molecule has 1 amide bonds. The number of amides is 1. The smallest absolute Gasteiger partial charge is 0.345 e. The van der Waals surface area contributed by atoms with Gasteiger partial charge in [0.15, 0.2) is 0 Å². The van der Waals surface area contributed by atoms with E-state index in [4.69, 9.17) is 11.6 Å². The largest absolute Gasteiger partial charge is 0.370 e. The van der Waals surface area contributed by atoms with E-state index in [9.17, 15) is 13.6 Å². The van der Waals surface area contributed by atoms with Crippen molar-refractivity contribution in [3.05, 3.63) is 64.6 Å². The molecule has 2 fully saturated rings. The Bertz CT molecular complexity index is 1170. The first-order chi connectivity index (χ1) is 15.9. The number of rotatable bonds is 7. The maximum absolute atomic E-state index is 12.9. The molecule has 0 radical (unpaired) electrons. The van der Waals surface area contributed by atoms with Gasteiger partial charge in [0.1, 0.15) is 11.3 Å². The Kier molecular flexibility index (Phi) is 5.74.